The van der Waals surface area contributed by atoms with E-state index in [1.54, 1.807) is 0 Å². The summed E-state index contributed by atoms with van der Waals surface area (Å²) < 4.78 is 2.82. The Kier molecular flexibility index (Phi) is 4.88. The van der Waals surface area contributed by atoms with Gasteiger partial charge in [0.15, 0.2) is 5.82 Å². The highest BCUT2D eigenvalue weighted by Crippen LogP contribution is 2.27. The van der Waals surface area contributed by atoms with Gasteiger partial charge in [0.05, 0.1) is 11.7 Å². The first-order chi connectivity index (χ1) is 9.54. The number of aryl methyl sites for hydroxylation is 2. The number of rotatable bonds is 5. The molecule has 0 aliphatic carbocycles. The van der Waals surface area contributed by atoms with E-state index in [1.807, 2.05) is 4.68 Å². The molecule has 1 atom stereocenters. The van der Waals surface area contributed by atoms with Crippen molar-refractivity contribution in [2.45, 2.75) is 40.2 Å². The minimum absolute atomic E-state index is 0.109. The molecule has 1 N–H and O–H groups in total. The van der Waals surface area contributed by atoms with Gasteiger partial charge < -0.3 is 5.32 Å². The smallest absolute Gasteiger partial charge is 0.173 e. The van der Waals surface area contributed by atoms with Crippen LogP contribution in [0.25, 0.3) is 5.69 Å². The lowest BCUT2D eigenvalue weighted by molar-refractivity contribution is 0.530. The summed E-state index contributed by atoms with van der Waals surface area (Å²) in [6.07, 6.45) is 1.08. The second-order valence-corrected chi connectivity index (χ2v) is 5.89. The van der Waals surface area contributed by atoms with Crippen molar-refractivity contribution in [1.29, 1.82) is 0 Å². The van der Waals surface area contributed by atoms with E-state index in [9.17, 15) is 0 Å². The summed E-state index contributed by atoms with van der Waals surface area (Å²) in [5.74, 6) is 0.825. The average Bonchev–Trinajstić information content (AvgIpc) is 2.83. The molecule has 0 saturated heterocycles. The van der Waals surface area contributed by atoms with E-state index in [2.05, 4.69) is 76.6 Å². The normalized spacial score (nSPS) is 12.7. The first-order valence-corrected chi connectivity index (χ1v) is 7.62. The summed E-state index contributed by atoms with van der Waals surface area (Å²) >= 11 is 3.62. The molecule has 0 spiro atoms. The predicted molar refractivity (Wildman–Crippen MR) is 83.0 cm³/mol. The molecule has 2 rings (SSSR count). The fourth-order valence-electron chi connectivity index (χ4n) is 2.25. The van der Waals surface area contributed by atoms with Crippen molar-refractivity contribution >= 4 is 15.9 Å². The second-order valence-electron chi connectivity index (χ2n) is 5.04. The molecule has 0 fully saturated rings. The van der Waals surface area contributed by atoms with Gasteiger partial charge in [-0.1, -0.05) is 13.0 Å². The Balaban J connectivity index is 2.42. The third kappa shape index (κ3) is 3.07. The zero-order valence-corrected chi connectivity index (χ0v) is 13.9. The van der Waals surface area contributed by atoms with Gasteiger partial charge >= 0.3 is 0 Å². The first-order valence-electron chi connectivity index (χ1n) is 6.83. The Hall–Kier alpha value is -1.27. The maximum absolute atomic E-state index is 4.17. The molecule has 1 aromatic heterocycles. The Morgan fingerprint density at radius 1 is 1.35 bits per heavy atom. The van der Waals surface area contributed by atoms with Gasteiger partial charge in [0.1, 0.15) is 0 Å². The van der Waals surface area contributed by atoms with Crippen molar-refractivity contribution in [1.82, 2.24) is 25.5 Å². The van der Waals surface area contributed by atoms with E-state index >= 15 is 0 Å². The highest BCUT2D eigenvalue weighted by Gasteiger charge is 2.18. The number of tetrazole rings is 1. The summed E-state index contributed by atoms with van der Waals surface area (Å²) in [6, 6.07) is 4.32. The minimum Gasteiger partial charge on any atom is -0.307 e. The topological polar surface area (TPSA) is 55.6 Å². The largest absolute Gasteiger partial charge is 0.307 e. The quantitative estimate of drug-likeness (QED) is 0.910. The molecule has 0 amide bonds. The fourth-order valence-corrected chi connectivity index (χ4v) is 3.09. The first kappa shape index (κ1) is 15.1. The average molecular weight is 338 g/mol. The van der Waals surface area contributed by atoms with Gasteiger partial charge in [0, 0.05) is 4.47 Å². The number of nitrogens with zero attached hydrogens (tertiary/aromatic N) is 4. The lowest BCUT2D eigenvalue weighted by Crippen LogP contribution is -2.23. The van der Waals surface area contributed by atoms with Crippen molar-refractivity contribution in [3.05, 3.63) is 33.6 Å². The van der Waals surface area contributed by atoms with E-state index in [0.717, 1.165) is 34.5 Å². The zero-order chi connectivity index (χ0) is 14.7. The zero-order valence-electron chi connectivity index (χ0n) is 12.3. The number of hydrogen-bond acceptors (Lipinski definition) is 4. The highest BCUT2D eigenvalue weighted by atomic mass is 79.9. The Morgan fingerprint density at radius 3 is 2.75 bits per heavy atom. The highest BCUT2D eigenvalue weighted by molar-refractivity contribution is 9.10. The van der Waals surface area contributed by atoms with Crippen LogP contribution in [-0.2, 0) is 0 Å². The van der Waals surface area contributed by atoms with Crippen molar-refractivity contribution in [3.63, 3.8) is 0 Å². The predicted octanol–water partition coefficient (Wildman–Crippen LogP) is 3.10. The van der Waals surface area contributed by atoms with Crippen LogP contribution >= 0.6 is 15.9 Å². The van der Waals surface area contributed by atoms with Gasteiger partial charge in [0.25, 0.3) is 0 Å². The molecule has 1 aromatic carbocycles. The molecular weight excluding hydrogens is 318 g/mol. The third-order valence-electron chi connectivity index (χ3n) is 3.19. The van der Waals surface area contributed by atoms with Crippen molar-refractivity contribution < 1.29 is 0 Å². The van der Waals surface area contributed by atoms with Crippen LogP contribution < -0.4 is 5.32 Å². The molecule has 0 bridgehead atoms. The molecule has 2 aromatic rings. The number of hydrogen-bond donors (Lipinski definition) is 1. The Morgan fingerprint density at radius 2 is 2.10 bits per heavy atom. The van der Waals surface area contributed by atoms with Crippen LogP contribution in [0.15, 0.2) is 16.6 Å². The number of benzene rings is 1. The van der Waals surface area contributed by atoms with Crippen LogP contribution in [0.4, 0.5) is 0 Å². The van der Waals surface area contributed by atoms with E-state index in [-0.39, 0.29) is 6.04 Å². The van der Waals surface area contributed by atoms with Crippen LogP contribution in [0.2, 0.25) is 0 Å². The van der Waals surface area contributed by atoms with Gasteiger partial charge in [-0.3, -0.25) is 0 Å². The molecule has 0 aliphatic rings. The summed E-state index contributed by atoms with van der Waals surface area (Å²) in [5.41, 5.74) is 3.36. The van der Waals surface area contributed by atoms with Gasteiger partial charge in [-0.25, -0.2) is 0 Å². The molecule has 0 saturated carbocycles. The molecule has 0 radical (unpaired) electrons. The summed E-state index contributed by atoms with van der Waals surface area (Å²) in [4.78, 5) is 0. The fraction of sp³-hybridized carbons (Fsp3) is 0.500. The van der Waals surface area contributed by atoms with E-state index < -0.39 is 0 Å². The van der Waals surface area contributed by atoms with Crippen LogP contribution in [0, 0.1) is 13.8 Å². The van der Waals surface area contributed by atoms with E-state index in [4.69, 9.17) is 0 Å². The second kappa shape index (κ2) is 6.45. The minimum atomic E-state index is 0.109. The molecule has 1 heterocycles. The lowest BCUT2D eigenvalue weighted by Gasteiger charge is -2.15. The molecule has 1 unspecified atom stereocenters. The van der Waals surface area contributed by atoms with Crippen LogP contribution in [0.1, 0.15) is 43.3 Å². The standard InChI is InChI=1S/C14H20BrN5/c1-5-6-16-11(4)14-17-18-19-20(14)13-10(3)7-9(2)8-12(13)15/h7-8,11,16H,5-6H2,1-4H3. The summed E-state index contributed by atoms with van der Waals surface area (Å²) in [7, 11) is 0. The molecule has 108 valence electrons. The molecule has 5 nitrogen and oxygen atoms in total. The summed E-state index contributed by atoms with van der Waals surface area (Å²) in [5, 5.41) is 15.6. The van der Waals surface area contributed by atoms with E-state index in [0.29, 0.717) is 0 Å². The van der Waals surface area contributed by atoms with Gasteiger partial charge in [-0.2, -0.15) is 4.68 Å². The number of nitrogens with one attached hydrogen (secondary N) is 1. The monoisotopic (exact) mass is 337 g/mol. The van der Waals surface area contributed by atoms with Gasteiger partial charge in [0.2, 0.25) is 0 Å². The SMILES string of the molecule is CCCNC(C)c1nnnn1-c1c(C)cc(C)cc1Br. The molecule has 0 aliphatic heterocycles. The van der Waals surface area contributed by atoms with Gasteiger partial charge in [-0.05, 0) is 77.3 Å². The molecular formula is C14H20BrN5. The van der Waals surface area contributed by atoms with Crippen LogP contribution in [0.5, 0.6) is 0 Å². The maximum atomic E-state index is 4.17. The number of aromatic nitrogens is 4. The molecule has 6 heteroatoms. The number of halogens is 1. The third-order valence-corrected chi connectivity index (χ3v) is 3.80. The van der Waals surface area contributed by atoms with Crippen LogP contribution in [-0.4, -0.2) is 26.8 Å². The Labute approximate surface area is 127 Å². The van der Waals surface area contributed by atoms with Crippen molar-refractivity contribution in [3.8, 4) is 5.69 Å². The maximum Gasteiger partial charge on any atom is 0.173 e. The van der Waals surface area contributed by atoms with E-state index in [1.165, 1.54) is 5.56 Å². The Bertz CT molecular complexity index is 570. The molecule has 20 heavy (non-hydrogen) atoms. The summed E-state index contributed by atoms with van der Waals surface area (Å²) in [6.45, 7) is 9.32. The van der Waals surface area contributed by atoms with Crippen molar-refractivity contribution in [2.24, 2.45) is 0 Å². The lowest BCUT2D eigenvalue weighted by atomic mass is 10.1. The van der Waals surface area contributed by atoms with Crippen LogP contribution in [0.3, 0.4) is 0 Å². The van der Waals surface area contributed by atoms with Crippen molar-refractivity contribution in [2.75, 3.05) is 6.54 Å². The van der Waals surface area contributed by atoms with Gasteiger partial charge in [-0.15, -0.1) is 5.10 Å².